The van der Waals surface area contributed by atoms with Gasteiger partial charge in [0.25, 0.3) is 0 Å². The third-order valence-corrected chi connectivity index (χ3v) is 3.32. The number of hydrogen-bond acceptors (Lipinski definition) is 3. The molecule has 1 amide bonds. The van der Waals surface area contributed by atoms with Crippen LogP contribution in [0.25, 0.3) is 0 Å². The van der Waals surface area contributed by atoms with Crippen molar-refractivity contribution in [1.29, 1.82) is 0 Å². The lowest BCUT2D eigenvalue weighted by atomic mass is 9.95. The van der Waals surface area contributed by atoms with Gasteiger partial charge in [0, 0.05) is 18.5 Å². The summed E-state index contributed by atoms with van der Waals surface area (Å²) < 4.78 is 0. The van der Waals surface area contributed by atoms with Crippen LogP contribution in [0.5, 0.6) is 0 Å². The van der Waals surface area contributed by atoms with Crippen LogP contribution in [0.2, 0.25) is 0 Å². The highest BCUT2D eigenvalue weighted by atomic mass is 16.3. The molecule has 4 nitrogen and oxygen atoms in total. The van der Waals surface area contributed by atoms with Crippen molar-refractivity contribution in [2.24, 2.45) is 5.92 Å². The summed E-state index contributed by atoms with van der Waals surface area (Å²) >= 11 is 0. The predicted molar refractivity (Wildman–Crippen MR) is 64.2 cm³/mol. The molecule has 0 saturated carbocycles. The molecule has 1 N–H and O–H groups in total. The zero-order valence-corrected chi connectivity index (χ0v) is 10.6. The maximum Gasteiger partial charge on any atom is 0.226 e. The van der Waals surface area contributed by atoms with Crippen LogP contribution in [0.15, 0.2) is 0 Å². The fourth-order valence-electron chi connectivity index (χ4n) is 2.22. The van der Waals surface area contributed by atoms with Gasteiger partial charge in [-0.25, -0.2) is 0 Å². The van der Waals surface area contributed by atoms with Crippen LogP contribution < -0.4 is 0 Å². The van der Waals surface area contributed by atoms with Crippen molar-refractivity contribution < 1.29 is 9.90 Å². The van der Waals surface area contributed by atoms with Gasteiger partial charge in [0.2, 0.25) is 5.91 Å². The maximum absolute atomic E-state index is 12.2. The number of amides is 1. The molecule has 0 aromatic carbocycles. The summed E-state index contributed by atoms with van der Waals surface area (Å²) in [4.78, 5) is 16.3. The average Bonchev–Trinajstić information content (AvgIpc) is 2.25. The monoisotopic (exact) mass is 228 g/mol. The molecule has 0 atom stereocenters. The number of aliphatic hydroxyl groups excluding tert-OH is 1. The SMILES string of the molecule is CC(C)N(CCO)C(=O)C1CCN(C)CC1. The number of hydrogen-bond donors (Lipinski definition) is 1. The minimum atomic E-state index is 0.0521. The van der Waals surface area contributed by atoms with E-state index in [2.05, 4.69) is 11.9 Å². The van der Waals surface area contributed by atoms with Gasteiger partial charge in [-0.3, -0.25) is 4.79 Å². The van der Waals surface area contributed by atoms with Gasteiger partial charge in [-0.05, 0) is 46.8 Å². The van der Waals surface area contributed by atoms with Crippen molar-refractivity contribution in [3.05, 3.63) is 0 Å². The van der Waals surface area contributed by atoms with E-state index in [4.69, 9.17) is 5.11 Å². The number of nitrogens with zero attached hydrogens (tertiary/aromatic N) is 2. The predicted octanol–water partition coefficient (Wildman–Crippen LogP) is 0.557. The fraction of sp³-hybridized carbons (Fsp3) is 0.917. The molecule has 1 rings (SSSR count). The Kier molecular flexibility index (Phi) is 5.22. The van der Waals surface area contributed by atoms with Gasteiger partial charge in [0.05, 0.1) is 6.61 Å². The minimum Gasteiger partial charge on any atom is -0.395 e. The van der Waals surface area contributed by atoms with Gasteiger partial charge in [-0.2, -0.15) is 0 Å². The summed E-state index contributed by atoms with van der Waals surface area (Å²) in [5.41, 5.74) is 0. The van der Waals surface area contributed by atoms with Crippen molar-refractivity contribution in [2.45, 2.75) is 32.7 Å². The molecule has 0 aromatic rings. The Morgan fingerprint density at radius 2 is 2.00 bits per heavy atom. The van der Waals surface area contributed by atoms with Crippen LogP contribution in [0, 0.1) is 5.92 Å². The topological polar surface area (TPSA) is 43.8 Å². The van der Waals surface area contributed by atoms with E-state index in [0.717, 1.165) is 25.9 Å². The first kappa shape index (κ1) is 13.5. The highest BCUT2D eigenvalue weighted by Gasteiger charge is 2.28. The number of carbonyl (C=O) groups excluding carboxylic acids is 1. The number of likely N-dealkylation sites (tertiary alicyclic amines) is 1. The molecule has 0 aromatic heterocycles. The third-order valence-electron chi connectivity index (χ3n) is 3.32. The van der Waals surface area contributed by atoms with Crippen LogP contribution in [0.1, 0.15) is 26.7 Å². The number of piperidine rings is 1. The van der Waals surface area contributed by atoms with E-state index in [9.17, 15) is 4.79 Å². The van der Waals surface area contributed by atoms with Crippen LogP contribution in [-0.2, 0) is 4.79 Å². The Morgan fingerprint density at radius 1 is 1.44 bits per heavy atom. The van der Waals surface area contributed by atoms with Crippen LogP contribution in [0.4, 0.5) is 0 Å². The van der Waals surface area contributed by atoms with Crippen molar-refractivity contribution in [1.82, 2.24) is 9.80 Å². The maximum atomic E-state index is 12.2. The highest BCUT2D eigenvalue weighted by Crippen LogP contribution is 2.19. The molecule has 16 heavy (non-hydrogen) atoms. The Morgan fingerprint density at radius 3 is 2.44 bits per heavy atom. The standard InChI is InChI=1S/C12H24N2O2/c1-10(2)14(8-9-15)12(16)11-4-6-13(3)7-5-11/h10-11,15H,4-9H2,1-3H3. The third kappa shape index (κ3) is 3.46. The normalized spacial score (nSPS) is 19.1. The average molecular weight is 228 g/mol. The molecule has 94 valence electrons. The smallest absolute Gasteiger partial charge is 0.226 e. The second-order valence-electron chi connectivity index (χ2n) is 4.93. The lowest BCUT2D eigenvalue weighted by molar-refractivity contribution is -0.139. The molecule has 0 radical (unpaired) electrons. The van der Waals surface area contributed by atoms with Crippen LogP contribution in [-0.4, -0.2) is 60.1 Å². The molecule has 0 bridgehead atoms. The van der Waals surface area contributed by atoms with Crippen molar-refractivity contribution in [2.75, 3.05) is 33.3 Å². The first-order valence-corrected chi connectivity index (χ1v) is 6.16. The summed E-state index contributed by atoms with van der Waals surface area (Å²) in [6.45, 7) is 6.52. The molecule has 1 heterocycles. The Hall–Kier alpha value is -0.610. The largest absolute Gasteiger partial charge is 0.395 e. The number of rotatable bonds is 4. The fourth-order valence-corrected chi connectivity index (χ4v) is 2.22. The first-order chi connectivity index (χ1) is 7.56. The van der Waals surface area contributed by atoms with Crippen molar-refractivity contribution >= 4 is 5.91 Å². The summed E-state index contributed by atoms with van der Waals surface area (Å²) in [7, 11) is 2.09. The molecule has 0 aliphatic carbocycles. The lowest BCUT2D eigenvalue weighted by Gasteiger charge is -2.34. The van der Waals surface area contributed by atoms with E-state index in [1.807, 2.05) is 13.8 Å². The zero-order valence-electron chi connectivity index (χ0n) is 10.6. The second kappa shape index (κ2) is 6.21. The summed E-state index contributed by atoms with van der Waals surface area (Å²) in [5.74, 6) is 0.377. The molecule has 1 aliphatic rings. The van der Waals surface area contributed by atoms with E-state index in [1.165, 1.54) is 0 Å². The minimum absolute atomic E-state index is 0.0521. The van der Waals surface area contributed by atoms with E-state index >= 15 is 0 Å². The van der Waals surface area contributed by atoms with Gasteiger partial charge in [-0.15, -0.1) is 0 Å². The molecule has 1 aliphatic heterocycles. The summed E-state index contributed by atoms with van der Waals surface area (Å²) in [6, 6.07) is 0.180. The number of carbonyl (C=O) groups is 1. The molecule has 0 unspecified atom stereocenters. The molecular formula is C12H24N2O2. The Labute approximate surface area is 98.2 Å². The second-order valence-corrected chi connectivity index (χ2v) is 4.93. The highest BCUT2D eigenvalue weighted by molar-refractivity contribution is 5.79. The molecular weight excluding hydrogens is 204 g/mol. The van der Waals surface area contributed by atoms with Crippen molar-refractivity contribution in [3.63, 3.8) is 0 Å². The van der Waals surface area contributed by atoms with Crippen LogP contribution >= 0.6 is 0 Å². The summed E-state index contributed by atoms with van der Waals surface area (Å²) in [6.07, 6.45) is 1.90. The van der Waals surface area contributed by atoms with Gasteiger partial charge in [0.1, 0.15) is 0 Å². The van der Waals surface area contributed by atoms with E-state index in [0.29, 0.717) is 6.54 Å². The van der Waals surface area contributed by atoms with Gasteiger partial charge in [0.15, 0.2) is 0 Å². The number of aliphatic hydroxyl groups is 1. The van der Waals surface area contributed by atoms with Gasteiger partial charge < -0.3 is 14.9 Å². The van der Waals surface area contributed by atoms with E-state index in [1.54, 1.807) is 4.90 Å². The zero-order chi connectivity index (χ0) is 12.1. The lowest BCUT2D eigenvalue weighted by Crippen LogP contribution is -2.45. The van der Waals surface area contributed by atoms with Crippen LogP contribution in [0.3, 0.4) is 0 Å². The molecule has 0 spiro atoms. The van der Waals surface area contributed by atoms with E-state index in [-0.39, 0.29) is 24.5 Å². The summed E-state index contributed by atoms with van der Waals surface area (Å²) in [5, 5.41) is 8.97. The Balaban J connectivity index is 2.53. The molecule has 1 saturated heterocycles. The van der Waals surface area contributed by atoms with Gasteiger partial charge in [-0.1, -0.05) is 0 Å². The van der Waals surface area contributed by atoms with Gasteiger partial charge >= 0.3 is 0 Å². The molecule has 1 fully saturated rings. The van der Waals surface area contributed by atoms with Crippen molar-refractivity contribution in [3.8, 4) is 0 Å². The molecule has 4 heteroatoms. The van der Waals surface area contributed by atoms with E-state index < -0.39 is 0 Å². The first-order valence-electron chi connectivity index (χ1n) is 6.16. The quantitative estimate of drug-likeness (QED) is 0.764. The Bertz CT molecular complexity index is 223.